The molecule has 0 aliphatic rings. The number of rotatable bonds is 4. The van der Waals surface area contributed by atoms with Crippen molar-refractivity contribution >= 4 is 11.5 Å². The van der Waals surface area contributed by atoms with Crippen molar-refractivity contribution < 1.29 is 0 Å². The number of aromatic nitrogens is 2. The quantitative estimate of drug-likeness (QED) is 0.859. The third-order valence-electron chi connectivity index (χ3n) is 2.47. The van der Waals surface area contributed by atoms with Gasteiger partial charge in [-0.2, -0.15) is 0 Å². The van der Waals surface area contributed by atoms with E-state index in [1.165, 1.54) is 22.8 Å². The van der Waals surface area contributed by atoms with E-state index in [0.717, 1.165) is 12.1 Å². The molecule has 0 amide bonds. The summed E-state index contributed by atoms with van der Waals surface area (Å²) in [6.45, 7) is 8.76. The Hall–Kier alpha value is -0.480. The first kappa shape index (κ1) is 12.6. The molecule has 0 aliphatic carbocycles. The summed E-state index contributed by atoms with van der Waals surface area (Å²) in [6, 6.07) is 0.407. The second-order valence-electron chi connectivity index (χ2n) is 4.87. The highest BCUT2D eigenvalue weighted by Crippen LogP contribution is 2.31. The molecular formula is C11H21N3S. The van der Waals surface area contributed by atoms with E-state index in [9.17, 15) is 0 Å². The fourth-order valence-corrected chi connectivity index (χ4v) is 2.65. The standard InChI is InChI=1S/C11H21N3S/c1-6-7-8(12-5)9-10(11(2,3)4)13-14-15-9/h8,12H,6-7H2,1-5H3. The van der Waals surface area contributed by atoms with Crippen LogP contribution in [0.15, 0.2) is 0 Å². The van der Waals surface area contributed by atoms with Crippen LogP contribution >= 0.6 is 11.5 Å². The van der Waals surface area contributed by atoms with E-state index < -0.39 is 0 Å². The van der Waals surface area contributed by atoms with Crippen molar-refractivity contribution in [3.05, 3.63) is 10.6 Å². The number of hydrogen-bond acceptors (Lipinski definition) is 4. The van der Waals surface area contributed by atoms with Gasteiger partial charge in [-0.25, -0.2) is 0 Å². The SMILES string of the molecule is CCCC(NC)c1snnc1C(C)(C)C. The van der Waals surface area contributed by atoms with Gasteiger partial charge in [-0.15, -0.1) is 5.10 Å². The zero-order valence-corrected chi connectivity index (χ0v) is 11.1. The van der Waals surface area contributed by atoms with Crippen molar-refractivity contribution in [3.63, 3.8) is 0 Å². The van der Waals surface area contributed by atoms with Crippen molar-refractivity contribution in [2.45, 2.75) is 52.0 Å². The maximum Gasteiger partial charge on any atom is 0.0857 e. The summed E-state index contributed by atoms with van der Waals surface area (Å²) in [4.78, 5) is 1.30. The molecule has 1 aromatic rings. The second-order valence-corrected chi connectivity index (χ2v) is 5.65. The lowest BCUT2D eigenvalue weighted by atomic mass is 9.89. The Morgan fingerprint density at radius 3 is 2.53 bits per heavy atom. The van der Waals surface area contributed by atoms with E-state index in [1.807, 2.05) is 7.05 Å². The highest BCUT2D eigenvalue weighted by atomic mass is 32.1. The molecule has 0 bridgehead atoms. The molecule has 0 saturated carbocycles. The van der Waals surface area contributed by atoms with Crippen LogP contribution in [0.5, 0.6) is 0 Å². The molecule has 1 heterocycles. The van der Waals surface area contributed by atoms with E-state index in [4.69, 9.17) is 0 Å². The lowest BCUT2D eigenvalue weighted by Gasteiger charge is -2.21. The summed E-state index contributed by atoms with van der Waals surface area (Å²) in [5.41, 5.74) is 1.23. The average molecular weight is 227 g/mol. The van der Waals surface area contributed by atoms with Crippen LogP contribution in [0, 0.1) is 0 Å². The molecular weight excluding hydrogens is 206 g/mol. The Kier molecular flexibility index (Phi) is 4.22. The van der Waals surface area contributed by atoms with E-state index in [0.29, 0.717) is 6.04 Å². The Bertz CT molecular complexity index is 301. The average Bonchev–Trinajstić information content (AvgIpc) is 2.61. The number of nitrogens with zero attached hydrogens (tertiary/aromatic N) is 2. The Morgan fingerprint density at radius 2 is 2.07 bits per heavy atom. The molecule has 0 radical (unpaired) electrons. The maximum absolute atomic E-state index is 4.27. The van der Waals surface area contributed by atoms with Gasteiger partial charge in [-0.3, -0.25) is 0 Å². The summed E-state index contributed by atoms with van der Waals surface area (Å²) in [5.74, 6) is 0. The number of nitrogens with one attached hydrogen (secondary N) is 1. The fraction of sp³-hybridized carbons (Fsp3) is 0.818. The summed E-state index contributed by atoms with van der Waals surface area (Å²) >= 11 is 1.53. The van der Waals surface area contributed by atoms with Gasteiger partial charge in [-0.05, 0) is 25.0 Å². The van der Waals surface area contributed by atoms with Crippen LogP contribution in [0.2, 0.25) is 0 Å². The minimum absolute atomic E-state index is 0.0885. The lowest BCUT2D eigenvalue weighted by Crippen LogP contribution is -2.21. The van der Waals surface area contributed by atoms with Crippen molar-refractivity contribution in [1.82, 2.24) is 14.9 Å². The molecule has 86 valence electrons. The first-order valence-corrected chi connectivity index (χ1v) is 6.28. The highest BCUT2D eigenvalue weighted by Gasteiger charge is 2.25. The lowest BCUT2D eigenvalue weighted by molar-refractivity contribution is 0.510. The van der Waals surface area contributed by atoms with Gasteiger partial charge in [0.25, 0.3) is 0 Å². The van der Waals surface area contributed by atoms with Crippen LogP contribution < -0.4 is 5.32 Å². The Balaban J connectivity index is 2.97. The predicted octanol–water partition coefficient (Wildman–Crippen LogP) is 2.90. The first-order valence-electron chi connectivity index (χ1n) is 5.50. The van der Waals surface area contributed by atoms with Crippen LogP contribution in [-0.4, -0.2) is 16.6 Å². The minimum atomic E-state index is 0.0885. The number of hydrogen-bond donors (Lipinski definition) is 1. The fourth-order valence-electron chi connectivity index (χ4n) is 1.64. The molecule has 1 rings (SSSR count). The molecule has 4 heteroatoms. The van der Waals surface area contributed by atoms with Gasteiger partial charge in [-0.1, -0.05) is 38.6 Å². The smallest absolute Gasteiger partial charge is 0.0857 e. The molecule has 1 atom stereocenters. The third kappa shape index (κ3) is 2.98. The molecule has 1 aromatic heterocycles. The normalized spacial score (nSPS) is 14.2. The molecule has 3 nitrogen and oxygen atoms in total. The van der Waals surface area contributed by atoms with E-state index >= 15 is 0 Å². The van der Waals surface area contributed by atoms with Gasteiger partial charge in [0.15, 0.2) is 0 Å². The zero-order valence-electron chi connectivity index (χ0n) is 10.3. The van der Waals surface area contributed by atoms with Gasteiger partial charge in [0.05, 0.1) is 10.6 Å². The van der Waals surface area contributed by atoms with E-state index in [-0.39, 0.29) is 5.41 Å². The third-order valence-corrected chi connectivity index (χ3v) is 3.30. The second kappa shape index (κ2) is 5.03. The van der Waals surface area contributed by atoms with Crippen molar-refractivity contribution in [2.75, 3.05) is 7.05 Å². The summed E-state index contributed by atoms with van der Waals surface area (Å²) in [6.07, 6.45) is 2.32. The van der Waals surface area contributed by atoms with Gasteiger partial charge < -0.3 is 5.32 Å². The molecule has 0 aromatic carbocycles. The van der Waals surface area contributed by atoms with Crippen LogP contribution in [0.3, 0.4) is 0 Å². The zero-order chi connectivity index (χ0) is 11.5. The monoisotopic (exact) mass is 227 g/mol. The van der Waals surface area contributed by atoms with Gasteiger partial charge in [0, 0.05) is 11.5 Å². The summed E-state index contributed by atoms with van der Waals surface area (Å²) < 4.78 is 4.09. The van der Waals surface area contributed by atoms with Crippen molar-refractivity contribution in [3.8, 4) is 0 Å². The predicted molar refractivity (Wildman–Crippen MR) is 65.3 cm³/mol. The highest BCUT2D eigenvalue weighted by molar-refractivity contribution is 7.05. The molecule has 0 saturated heterocycles. The van der Waals surface area contributed by atoms with Crippen molar-refractivity contribution in [2.24, 2.45) is 0 Å². The van der Waals surface area contributed by atoms with Crippen LogP contribution in [0.1, 0.15) is 57.1 Å². The maximum atomic E-state index is 4.27. The summed E-state index contributed by atoms with van der Waals surface area (Å²) in [7, 11) is 2.01. The molecule has 15 heavy (non-hydrogen) atoms. The van der Waals surface area contributed by atoms with E-state index in [2.05, 4.69) is 42.6 Å². The van der Waals surface area contributed by atoms with Gasteiger partial charge in [0.1, 0.15) is 0 Å². The Morgan fingerprint density at radius 1 is 1.40 bits per heavy atom. The van der Waals surface area contributed by atoms with Gasteiger partial charge in [0.2, 0.25) is 0 Å². The largest absolute Gasteiger partial charge is 0.312 e. The molecule has 0 spiro atoms. The molecule has 0 fully saturated rings. The molecule has 1 N–H and O–H groups in total. The van der Waals surface area contributed by atoms with Crippen LogP contribution in [0.25, 0.3) is 0 Å². The molecule has 0 aliphatic heterocycles. The van der Waals surface area contributed by atoms with Crippen LogP contribution in [-0.2, 0) is 5.41 Å². The minimum Gasteiger partial charge on any atom is -0.312 e. The van der Waals surface area contributed by atoms with Gasteiger partial charge >= 0.3 is 0 Å². The molecule has 1 unspecified atom stereocenters. The Labute approximate surface area is 96.5 Å². The van der Waals surface area contributed by atoms with Crippen molar-refractivity contribution in [1.29, 1.82) is 0 Å². The summed E-state index contributed by atoms with van der Waals surface area (Å²) in [5, 5.41) is 7.62. The van der Waals surface area contributed by atoms with E-state index in [1.54, 1.807) is 0 Å². The topological polar surface area (TPSA) is 37.8 Å². The van der Waals surface area contributed by atoms with Crippen LogP contribution in [0.4, 0.5) is 0 Å². The first-order chi connectivity index (χ1) is 7.00.